The lowest BCUT2D eigenvalue weighted by molar-refractivity contribution is 0.0606. The maximum Gasteiger partial charge on any atom is 0.254 e. The number of likely N-dealkylation sites (tertiary alicyclic amines) is 1. The molecule has 0 bridgehead atoms. The molecule has 0 unspecified atom stereocenters. The summed E-state index contributed by atoms with van der Waals surface area (Å²) in [6.45, 7) is 2.25. The van der Waals surface area contributed by atoms with Crippen LogP contribution in [0.15, 0.2) is 48.5 Å². The van der Waals surface area contributed by atoms with Crippen LogP contribution in [0.5, 0.6) is 17.2 Å². The minimum atomic E-state index is -1.14. The van der Waals surface area contributed by atoms with E-state index in [1.54, 1.807) is 19.2 Å². The molecule has 2 aromatic carbocycles. The number of carbonyl (C=O) groups excluding carboxylic acids is 1. The summed E-state index contributed by atoms with van der Waals surface area (Å²) in [5.74, 6) is 3.06. The number of amides is 1. The average Bonchev–Trinajstić information content (AvgIpc) is 3.72. The van der Waals surface area contributed by atoms with Crippen molar-refractivity contribution >= 4 is 28.0 Å². The zero-order valence-electron chi connectivity index (χ0n) is 25.3. The molecule has 2 N–H and O–H groups in total. The van der Waals surface area contributed by atoms with Crippen molar-refractivity contribution in [2.75, 3.05) is 33.4 Å². The monoisotopic (exact) mass is 610 g/mol. The van der Waals surface area contributed by atoms with Crippen molar-refractivity contribution in [2.45, 2.75) is 38.0 Å². The van der Waals surface area contributed by atoms with Gasteiger partial charge < -0.3 is 34.0 Å². The van der Waals surface area contributed by atoms with Crippen LogP contribution in [0.25, 0.3) is 44.8 Å². The molecule has 1 saturated carbocycles. The quantitative estimate of drug-likeness (QED) is 0.290. The molecule has 2 fully saturated rings. The topological polar surface area (TPSA) is 110 Å². The molecule has 45 heavy (non-hydrogen) atoms. The van der Waals surface area contributed by atoms with Gasteiger partial charge in [-0.15, -0.1) is 0 Å². The van der Waals surface area contributed by atoms with E-state index in [9.17, 15) is 9.18 Å². The Morgan fingerprint density at radius 2 is 1.87 bits per heavy atom. The van der Waals surface area contributed by atoms with Crippen LogP contribution >= 0.6 is 0 Å². The maximum atomic E-state index is 14.3. The number of rotatable bonds is 6. The van der Waals surface area contributed by atoms with E-state index in [2.05, 4.69) is 16.7 Å². The summed E-state index contributed by atoms with van der Waals surface area (Å²) in [6, 6.07) is 15.3. The van der Waals surface area contributed by atoms with Gasteiger partial charge >= 0.3 is 0 Å². The van der Waals surface area contributed by atoms with Crippen LogP contribution in [-0.4, -0.2) is 75.5 Å². The molecule has 8 rings (SSSR count). The molecule has 5 heterocycles. The highest BCUT2D eigenvalue weighted by Crippen LogP contribution is 2.39. The number of piperidine rings is 1. The Bertz CT molecular complexity index is 1950. The second kappa shape index (κ2) is 10.8. The van der Waals surface area contributed by atoms with E-state index in [-0.39, 0.29) is 24.9 Å². The van der Waals surface area contributed by atoms with Gasteiger partial charge in [0.2, 0.25) is 0 Å². The summed E-state index contributed by atoms with van der Waals surface area (Å²) < 4.78 is 35.9. The van der Waals surface area contributed by atoms with Gasteiger partial charge in [0.25, 0.3) is 5.91 Å². The fraction of sp³-hybridized carbons (Fsp3) is 0.382. The first-order valence-corrected chi connectivity index (χ1v) is 15.5. The smallest absolute Gasteiger partial charge is 0.254 e. The predicted molar refractivity (Wildman–Crippen MR) is 169 cm³/mol. The molecule has 0 spiro atoms. The number of methoxy groups -OCH3 is 1. The van der Waals surface area contributed by atoms with Crippen LogP contribution in [0.1, 0.15) is 29.6 Å². The SMILES string of the molecule is COc1cc(C(=O)N2C[C@H](N)C[C@@H](F)C2)cc2nc(-c3cc4ccc(-c5ccc6c(c5)OCCO6)nc4n3CC3CC3)n(C)c12. The lowest BCUT2D eigenvalue weighted by Gasteiger charge is -2.33. The van der Waals surface area contributed by atoms with Crippen LogP contribution in [0.4, 0.5) is 4.39 Å². The number of hydrogen-bond donors (Lipinski definition) is 1. The van der Waals surface area contributed by atoms with Gasteiger partial charge in [-0.3, -0.25) is 4.79 Å². The van der Waals surface area contributed by atoms with Crippen LogP contribution in [-0.2, 0) is 13.6 Å². The van der Waals surface area contributed by atoms with Gasteiger partial charge in [0.1, 0.15) is 36.3 Å². The number of nitrogens with zero attached hydrogens (tertiary/aromatic N) is 5. The van der Waals surface area contributed by atoms with Crippen molar-refractivity contribution in [3.05, 3.63) is 54.1 Å². The molecule has 1 saturated heterocycles. The van der Waals surface area contributed by atoms with Crippen LogP contribution < -0.4 is 19.9 Å². The second-order valence-corrected chi connectivity index (χ2v) is 12.4. The third kappa shape index (κ3) is 4.95. The van der Waals surface area contributed by atoms with Crippen molar-refractivity contribution in [1.29, 1.82) is 0 Å². The number of benzene rings is 2. The fourth-order valence-electron chi connectivity index (χ4n) is 6.66. The van der Waals surface area contributed by atoms with Crippen molar-refractivity contribution < 1.29 is 23.4 Å². The highest BCUT2D eigenvalue weighted by Gasteiger charge is 2.31. The van der Waals surface area contributed by atoms with Gasteiger partial charge in [-0.2, -0.15) is 0 Å². The molecule has 3 aliphatic rings. The molecule has 232 valence electrons. The van der Waals surface area contributed by atoms with E-state index in [0.717, 1.165) is 57.4 Å². The zero-order valence-corrected chi connectivity index (χ0v) is 25.3. The number of carbonyl (C=O) groups is 1. The summed E-state index contributed by atoms with van der Waals surface area (Å²) in [6.07, 6.45) is 1.49. The van der Waals surface area contributed by atoms with E-state index in [1.165, 1.54) is 17.7 Å². The van der Waals surface area contributed by atoms with Gasteiger partial charge in [-0.25, -0.2) is 14.4 Å². The molecule has 2 atom stereocenters. The Labute approximate surface area is 259 Å². The predicted octanol–water partition coefficient (Wildman–Crippen LogP) is 4.96. The molecule has 5 aromatic rings. The zero-order chi connectivity index (χ0) is 30.8. The Morgan fingerprint density at radius 3 is 2.64 bits per heavy atom. The third-order valence-electron chi connectivity index (χ3n) is 9.07. The van der Waals surface area contributed by atoms with Gasteiger partial charge in [-0.05, 0) is 73.7 Å². The molecule has 0 radical (unpaired) electrons. The van der Waals surface area contributed by atoms with Crippen LogP contribution in [0.3, 0.4) is 0 Å². The standard InChI is InChI=1S/C34H35FN6O4/c1-39-31-26(11-22(14-30(31)43-2)34(42)40-17-23(35)15-24(36)18-40)38-33(39)27-12-21-5-7-25(37-32(21)41(27)16-19-3-4-19)20-6-8-28-29(13-20)45-10-9-44-28/h5-8,11-14,19,23-24H,3-4,9-10,15-18,36H2,1-2H3/t23-,24-/m1/s1. The van der Waals surface area contributed by atoms with Crippen molar-refractivity contribution in [3.63, 3.8) is 0 Å². The lowest BCUT2D eigenvalue weighted by Crippen LogP contribution is -2.50. The van der Waals surface area contributed by atoms with Gasteiger partial charge in [0, 0.05) is 42.7 Å². The van der Waals surface area contributed by atoms with E-state index >= 15 is 0 Å². The van der Waals surface area contributed by atoms with E-state index in [4.69, 9.17) is 29.9 Å². The number of hydrogen-bond acceptors (Lipinski definition) is 7. The Balaban J connectivity index is 1.22. The molecule has 2 aliphatic heterocycles. The van der Waals surface area contributed by atoms with Gasteiger partial charge in [-0.1, -0.05) is 0 Å². The largest absolute Gasteiger partial charge is 0.494 e. The molecule has 1 aliphatic carbocycles. The highest BCUT2D eigenvalue weighted by atomic mass is 19.1. The number of imidazole rings is 1. The number of nitrogens with two attached hydrogens (primary N) is 1. The number of aryl methyl sites for hydroxylation is 1. The minimum Gasteiger partial charge on any atom is -0.494 e. The number of halogens is 1. The first-order chi connectivity index (χ1) is 21.9. The Kier molecular flexibility index (Phi) is 6.67. The number of alkyl halides is 1. The number of aromatic nitrogens is 4. The molecule has 1 amide bonds. The molecule has 3 aromatic heterocycles. The van der Waals surface area contributed by atoms with Gasteiger partial charge in [0.15, 0.2) is 17.3 Å². The number of pyridine rings is 1. The van der Waals surface area contributed by atoms with Crippen molar-refractivity contribution in [1.82, 2.24) is 24.0 Å². The summed E-state index contributed by atoms with van der Waals surface area (Å²) in [4.78, 5) is 25.2. The Hall–Kier alpha value is -4.64. The maximum absolute atomic E-state index is 14.3. The first-order valence-electron chi connectivity index (χ1n) is 15.5. The van der Waals surface area contributed by atoms with E-state index in [0.29, 0.717) is 42.5 Å². The normalized spacial score (nSPS) is 19.8. The van der Waals surface area contributed by atoms with E-state index in [1.807, 2.05) is 35.9 Å². The molecule has 11 heteroatoms. The summed E-state index contributed by atoms with van der Waals surface area (Å²) in [5, 5.41) is 1.02. The van der Waals surface area contributed by atoms with Crippen LogP contribution in [0.2, 0.25) is 0 Å². The Morgan fingerprint density at radius 1 is 1.04 bits per heavy atom. The number of ether oxygens (including phenoxy) is 3. The highest BCUT2D eigenvalue weighted by molar-refractivity contribution is 6.00. The first kappa shape index (κ1) is 27.9. The van der Waals surface area contributed by atoms with E-state index < -0.39 is 6.17 Å². The summed E-state index contributed by atoms with van der Waals surface area (Å²) >= 11 is 0. The fourth-order valence-corrected chi connectivity index (χ4v) is 6.66. The molecular weight excluding hydrogens is 575 g/mol. The minimum absolute atomic E-state index is 0.0306. The summed E-state index contributed by atoms with van der Waals surface area (Å²) in [7, 11) is 3.54. The average molecular weight is 611 g/mol. The lowest BCUT2D eigenvalue weighted by atomic mass is 10.0. The van der Waals surface area contributed by atoms with Crippen LogP contribution in [0, 0.1) is 5.92 Å². The molecule has 10 nitrogen and oxygen atoms in total. The summed E-state index contributed by atoms with van der Waals surface area (Å²) in [5.41, 5.74) is 11.5. The third-order valence-corrected chi connectivity index (χ3v) is 9.07. The molecular formula is C34H35FN6O4. The van der Waals surface area contributed by atoms with Crippen molar-refractivity contribution in [2.24, 2.45) is 18.7 Å². The van der Waals surface area contributed by atoms with Crippen molar-refractivity contribution in [3.8, 4) is 40.0 Å². The van der Waals surface area contributed by atoms with Gasteiger partial charge in [0.05, 0.1) is 30.6 Å². The number of fused-ring (bicyclic) bond motifs is 3. The second-order valence-electron chi connectivity index (χ2n) is 12.4.